The molecule has 3 unspecified atom stereocenters. The van der Waals surface area contributed by atoms with Gasteiger partial charge in [-0.1, -0.05) is 26.2 Å². The second kappa shape index (κ2) is 6.92. The Balaban J connectivity index is 1.68. The average molecular weight is 254 g/mol. The van der Waals surface area contributed by atoms with Gasteiger partial charge in [-0.15, -0.1) is 0 Å². The topological polar surface area (TPSA) is 49.7 Å². The smallest absolute Gasteiger partial charge is 0.427 e. The summed E-state index contributed by atoms with van der Waals surface area (Å²) in [6, 6.07) is 0. The second-order valence-electron chi connectivity index (χ2n) is 6.33. The van der Waals surface area contributed by atoms with Crippen LogP contribution in [0.15, 0.2) is 0 Å². The lowest BCUT2D eigenvalue weighted by atomic mass is 9.60. The molecule has 2 aliphatic rings. The van der Waals surface area contributed by atoms with Crippen molar-refractivity contribution in [2.45, 2.75) is 70.2 Å². The van der Waals surface area contributed by atoms with Crippen molar-refractivity contribution in [1.82, 2.24) is 0 Å². The normalized spacial score (nSPS) is 34.5. The van der Waals surface area contributed by atoms with Crippen LogP contribution in [0.25, 0.3) is 0 Å². The molecule has 0 amide bonds. The molecule has 2 rings (SSSR count). The Bertz CT molecular complexity index is 241. The van der Waals surface area contributed by atoms with Crippen LogP contribution in [0.1, 0.15) is 58.3 Å². The van der Waals surface area contributed by atoms with Crippen molar-refractivity contribution in [3.63, 3.8) is 0 Å². The third-order valence-electron chi connectivity index (χ3n) is 4.86. The molecule has 104 valence electrons. The zero-order valence-electron chi connectivity index (χ0n) is 11.6. The van der Waals surface area contributed by atoms with E-state index in [2.05, 4.69) is 6.92 Å². The predicted octanol–water partition coefficient (Wildman–Crippen LogP) is 2.61. The molecule has 0 aliphatic heterocycles. The third-order valence-corrected chi connectivity index (χ3v) is 4.86. The number of hydrogen-bond donors (Lipinski definition) is 2. The minimum Gasteiger partial charge on any atom is -0.427 e. The lowest BCUT2D eigenvalue weighted by Gasteiger charge is -2.34. The summed E-state index contributed by atoms with van der Waals surface area (Å²) >= 11 is 0. The predicted molar refractivity (Wildman–Crippen MR) is 73.3 cm³/mol. The van der Waals surface area contributed by atoms with Gasteiger partial charge in [-0.3, -0.25) is 0 Å². The third kappa shape index (κ3) is 3.97. The zero-order chi connectivity index (χ0) is 13.0. The first kappa shape index (κ1) is 14.4. The zero-order valence-corrected chi connectivity index (χ0v) is 11.6. The first-order valence-corrected chi connectivity index (χ1v) is 7.64. The van der Waals surface area contributed by atoms with E-state index in [1.807, 2.05) is 0 Å². The number of rotatable bonds is 4. The van der Waals surface area contributed by atoms with Gasteiger partial charge in [0.25, 0.3) is 0 Å². The highest BCUT2D eigenvalue weighted by atomic mass is 16.5. The molecule has 0 aromatic heterocycles. The van der Waals surface area contributed by atoms with Crippen molar-refractivity contribution >= 4 is 7.12 Å². The van der Waals surface area contributed by atoms with Gasteiger partial charge < -0.3 is 14.8 Å². The van der Waals surface area contributed by atoms with E-state index in [1.54, 1.807) is 0 Å². The molecule has 0 aromatic carbocycles. The molecule has 4 heteroatoms. The lowest BCUT2D eigenvalue weighted by Crippen LogP contribution is -2.34. The second-order valence-corrected chi connectivity index (χ2v) is 6.33. The molecular weight excluding hydrogens is 227 g/mol. The average Bonchev–Trinajstić information content (AvgIpc) is 2.37. The quantitative estimate of drug-likeness (QED) is 0.758. The van der Waals surface area contributed by atoms with Crippen molar-refractivity contribution in [1.29, 1.82) is 0 Å². The first-order chi connectivity index (χ1) is 8.66. The molecule has 0 spiro atoms. The summed E-state index contributed by atoms with van der Waals surface area (Å²) in [6.45, 7) is 3.03. The Labute approximate surface area is 111 Å². The molecule has 0 aromatic rings. The standard InChI is InChI=1S/C14H27BO3/c1-11-9-13(7-8-14(11)15(16)17)18-10-12-5-3-2-4-6-12/h11-14,16-17H,2-10H2,1H3. The van der Waals surface area contributed by atoms with Crippen LogP contribution < -0.4 is 0 Å². The SMILES string of the molecule is CC1CC(OCC2CCCCC2)CCC1B(O)O. The van der Waals surface area contributed by atoms with Gasteiger partial charge in [0.15, 0.2) is 0 Å². The van der Waals surface area contributed by atoms with E-state index >= 15 is 0 Å². The number of ether oxygens (including phenoxy) is 1. The molecule has 3 nitrogen and oxygen atoms in total. The van der Waals surface area contributed by atoms with Gasteiger partial charge in [-0.2, -0.15) is 0 Å². The first-order valence-electron chi connectivity index (χ1n) is 7.64. The van der Waals surface area contributed by atoms with Gasteiger partial charge in [-0.25, -0.2) is 0 Å². The molecule has 2 saturated carbocycles. The van der Waals surface area contributed by atoms with Crippen LogP contribution >= 0.6 is 0 Å². The van der Waals surface area contributed by atoms with Crippen LogP contribution in [0, 0.1) is 11.8 Å². The van der Waals surface area contributed by atoms with E-state index in [1.165, 1.54) is 32.1 Å². The Morgan fingerprint density at radius 3 is 2.39 bits per heavy atom. The molecule has 3 atom stereocenters. The van der Waals surface area contributed by atoms with Crippen LogP contribution in [-0.2, 0) is 4.74 Å². The molecule has 0 heterocycles. The molecule has 0 bridgehead atoms. The Morgan fingerprint density at radius 2 is 1.78 bits per heavy atom. The summed E-state index contributed by atoms with van der Waals surface area (Å²) in [6.07, 6.45) is 9.99. The van der Waals surface area contributed by atoms with Crippen molar-refractivity contribution in [3.8, 4) is 0 Å². The Kier molecular flexibility index (Phi) is 5.52. The van der Waals surface area contributed by atoms with Crippen LogP contribution in [0.3, 0.4) is 0 Å². The van der Waals surface area contributed by atoms with Crippen molar-refractivity contribution in [2.24, 2.45) is 11.8 Å². The molecule has 2 aliphatic carbocycles. The Morgan fingerprint density at radius 1 is 1.06 bits per heavy atom. The van der Waals surface area contributed by atoms with E-state index < -0.39 is 7.12 Å². The summed E-state index contributed by atoms with van der Waals surface area (Å²) < 4.78 is 6.06. The van der Waals surface area contributed by atoms with Crippen LogP contribution in [0.2, 0.25) is 5.82 Å². The molecule has 18 heavy (non-hydrogen) atoms. The Hall–Kier alpha value is -0.0551. The van der Waals surface area contributed by atoms with Gasteiger partial charge in [0.2, 0.25) is 0 Å². The summed E-state index contributed by atoms with van der Waals surface area (Å²) in [4.78, 5) is 0. The van der Waals surface area contributed by atoms with Gasteiger partial charge in [-0.05, 0) is 49.8 Å². The minimum atomic E-state index is -1.15. The monoisotopic (exact) mass is 254 g/mol. The summed E-state index contributed by atoms with van der Waals surface area (Å²) in [5.41, 5.74) is 0. The van der Waals surface area contributed by atoms with Crippen LogP contribution in [0.5, 0.6) is 0 Å². The highest BCUT2D eigenvalue weighted by Gasteiger charge is 2.35. The molecule has 0 saturated heterocycles. The van der Waals surface area contributed by atoms with E-state index in [0.717, 1.165) is 31.8 Å². The molecular formula is C14H27BO3. The molecule has 2 N–H and O–H groups in total. The van der Waals surface area contributed by atoms with E-state index in [9.17, 15) is 10.0 Å². The van der Waals surface area contributed by atoms with Crippen molar-refractivity contribution < 1.29 is 14.8 Å². The van der Waals surface area contributed by atoms with Gasteiger partial charge >= 0.3 is 7.12 Å². The van der Waals surface area contributed by atoms with Gasteiger partial charge in [0, 0.05) is 6.61 Å². The largest absolute Gasteiger partial charge is 0.455 e. The van der Waals surface area contributed by atoms with Crippen molar-refractivity contribution in [3.05, 3.63) is 0 Å². The van der Waals surface area contributed by atoms with Crippen LogP contribution in [0.4, 0.5) is 0 Å². The maximum Gasteiger partial charge on any atom is 0.455 e. The van der Waals surface area contributed by atoms with Crippen molar-refractivity contribution in [2.75, 3.05) is 6.61 Å². The van der Waals surface area contributed by atoms with Crippen LogP contribution in [-0.4, -0.2) is 29.9 Å². The van der Waals surface area contributed by atoms with E-state index in [0.29, 0.717) is 12.0 Å². The maximum atomic E-state index is 9.28. The van der Waals surface area contributed by atoms with Gasteiger partial charge in [0.05, 0.1) is 6.10 Å². The van der Waals surface area contributed by atoms with E-state index in [-0.39, 0.29) is 5.82 Å². The molecule has 0 radical (unpaired) electrons. The fourth-order valence-corrected chi connectivity index (χ4v) is 3.59. The van der Waals surface area contributed by atoms with Gasteiger partial charge in [0.1, 0.15) is 0 Å². The highest BCUT2D eigenvalue weighted by Crippen LogP contribution is 2.37. The number of hydrogen-bond acceptors (Lipinski definition) is 3. The summed E-state index contributed by atoms with van der Waals surface area (Å²) in [5.74, 6) is 1.17. The highest BCUT2D eigenvalue weighted by molar-refractivity contribution is 6.43. The fraction of sp³-hybridized carbons (Fsp3) is 1.00. The minimum absolute atomic E-state index is 0.0412. The maximum absolute atomic E-state index is 9.28. The summed E-state index contributed by atoms with van der Waals surface area (Å²) in [7, 11) is -1.15. The lowest BCUT2D eigenvalue weighted by molar-refractivity contribution is -0.0107. The van der Waals surface area contributed by atoms with E-state index in [4.69, 9.17) is 4.74 Å². The molecule has 2 fully saturated rings. The summed E-state index contributed by atoms with van der Waals surface area (Å²) in [5, 5.41) is 18.6. The fourth-order valence-electron chi connectivity index (χ4n) is 3.59.